The van der Waals surface area contributed by atoms with Crippen molar-refractivity contribution in [3.05, 3.63) is 95.1 Å². The number of anilines is 2. The number of carbonyl (C=O) groups is 3. The molecule has 29 heavy (non-hydrogen) atoms. The van der Waals surface area contributed by atoms with Crippen molar-refractivity contribution in [2.24, 2.45) is 0 Å². The highest BCUT2D eigenvalue weighted by Crippen LogP contribution is 2.16. The van der Waals surface area contributed by atoms with Crippen LogP contribution in [0.25, 0.3) is 0 Å². The maximum Gasteiger partial charge on any atom is 0.255 e. The lowest BCUT2D eigenvalue weighted by molar-refractivity contribution is 0.101. The fourth-order valence-corrected chi connectivity index (χ4v) is 2.54. The minimum absolute atomic E-state index is 0.0693. The quantitative estimate of drug-likeness (QED) is 0.618. The van der Waals surface area contributed by atoms with Gasteiger partial charge in [-0.15, -0.1) is 0 Å². The Bertz CT molecular complexity index is 1080. The van der Waals surface area contributed by atoms with E-state index in [0.29, 0.717) is 16.8 Å². The third-order valence-electron chi connectivity index (χ3n) is 4.14. The Labute approximate surface area is 165 Å². The Morgan fingerprint density at radius 2 is 1.07 bits per heavy atom. The average Bonchev–Trinajstić information content (AvgIpc) is 2.71. The van der Waals surface area contributed by atoms with E-state index >= 15 is 0 Å². The number of hydrogen-bond acceptors (Lipinski definition) is 3. The molecular weight excluding hydrogens is 378 g/mol. The van der Waals surface area contributed by atoms with Gasteiger partial charge in [0.2, 0.25) is 0 Å². The SMILES string of the molecule is CC(=O)c1ccc(NC(=O)c2ccc(C(=O)Nc3ccc(F)c(F)c3)cc2)cc1. The van der Waals surface area contributed by atoms with Crippen LogP contribution in [-0.4, -0.2) is 17.6 Å². The summed E-state index contributed by atoms with van der Waals surface area (Å²) >= 11 is 0. The number of Topliss-reactive ketones (excluding diaryl/α,β-unsaturated/α-hetero) is 1. The van der Waals surface area contributed by atoms with Gasteiger partial charge in [-0.05, 0) is 67.6 Å². The number of ketones is 1. The van der Waals surface area contributed by atoms with E-state index in [-0.39, 0.29) is 22.9 Å². The first-order chi connectivity index (χ1) is 13.8. The van der Waals surface area contributed by atoms with Crippen LogP contribution >= 0.6 is 0 Å². The predicted octanol–water partition coefficient (Wildman–Crippen LogP) is 4.67. The molecule has 0 radical (unpaired) electrons. The Morgan fingerprint density at radius 1 is 0.621 bits per heavy atom. The van der Waals surface area contributed by atoms with Crippen LogP contribution in [0.15, 0.2) is 66.7 Å². The van der Waals surface area contributed by atoms with Crippen LogP contribution in [0.1, 0.15) is 38.0 Å². The van der Waals surface area contributed by atoms with Crippen molar-refractivity contribution in [2.45, 2.75) is 6.92 Å². The average molecular weight is 394 g/mol. The summed E-state index contributed by atoms with van der Waals surface area (Å²) in [6.07, 6.45) is 0. The number of benzene rings is 3. The second-order valence-corrected chi connectivity index (χ2v) is 6.25. The minimum Gasteiger partial charge on any atom is -0.322 e. The summed E-state index contributed by atoms with van der Waals surface area (Å²) in [5, 5.41) is 5.15. The van der Waals surface area contributed by atoms with E-state index < -0.39 is 17.5 Å². The van der Waals surface area contributed by atoms with E-state index in [1.807, 2.05) is 0 Å². The van der Waals surface area contributed by atoms with Crippen LogP contribution in [0.5, 0.6) is 0 Å². The number of amides is 2. The second-order valence-electron chi connectivity index (χ2n) is 6.25. The highest BCUT2D eigenvalue weighted by Gasteiger charge is 2.11. The van der Waals surface area contributed by atoms with Gasteiger partial charge < -0.3 is 10.6 Å². The molecule has 0 saturated heterocycles. The first-order valence-electron chi connectivity index (χ1n) is 8.62. The lowest BCUT2D eigenvalue weighted by Gasteiger charge is -2.08. The summed E-state index contributed by atoms with van der Waals surface area (Å²) in [4.78, 5) is 35.8. The van der Waals surface area contributed by atoms with Crippen LogP contribution in [0.2, 0.25) is 0 Å². The topological polar surface area (TPSA) is 75.3 Å². The van der Waals surface area contributed by atoms with Crippen LogP contribution in [0.4, 0.5) is 20.2 Å². The summed E-state index contributed by atoms with van der Waals surface area (Å²) in [7, 11) is 0. The van der Waals surface area contributed by atoms with Gasteiger partial charge in [0.15, 0.2) is 17.4 Å². The van der Waals surface area contributed by atoms with Gasteiger partial charge in [-0.25, -0.2) is 8.78 Å². The fourth-order valence-electron chi connectivity index (χ4n) is 2.54. The maximum absolute atomic E-state index is 13.2. The lowest BCUT2D eigenvalue weighted by atomic mass is 10.1. The molecule has 5 nitrogen and oxygen atoms in total. The molecule has 0 aliphatic rings. The van der Waals surface area contributed by atoms with E-state index in [2.05, 4.69) is 10.6 Å². The maximum atomic E-state index is 13.2. The van der Waals surface area contributed by atoms with Crippen LogP contribution < -0.4 is 10.6 Å². The largest absolute Gasteiger partial charge is 0.322 e. The molecule has 0 aromatic heterocycles. The molecule has 0 heterocycles. The second kappa shape index (κ2) is 8.43. The Balaban J connectivity index is 1.65. The molecule has 0 atom stereocenters. The molecule has 0 bridgehead atoms. The van der Waals surface area contributed by atoms with E-state index in [1.54, 1.807) is 24.3 Å². The third kappa shape index (κ3) is 4.90. The van der Waals surface area contributed by atoms with Crippen molar-refractivity contribution >= 4 is 29.0 Å². The van der Waals surface area contributed by atoms with E-state index in [4.69, 9.17) is 0 Å². The lowest BCUT2D eigenvalue weighted by Crippen LogP contribution is -2.14. The Kier molecular flexibility index (Phi) is 5.78. The van der Waals surface area contributed by atoms with E-state index in [1.165, 1.54) is 37.3 Å². The molecular formula is C22H16F2N2O3. The number of hydrogen-bond donors (Lipinski definition) is 2. The molecule has 0 unspecified atom stereocenters. The smallest absolute Gasteiger partial charge is 0.255 e. The van der Waals surface area contributed by atoms with Gasteiger partial charge in [-0.3, -0.25) is 14.4 Å². The van der Waals surface area contributed by atoms with Crippen molar-refractivity contribution in [1.82, 2.24) is 0 Å². The van der Waals surface area contributed by atoms with Gasteiger partial charge in [-0.2, -0.15) is 0 Å². The highest BCUT2D eigenvalue weighted by atomic mass is 19.2. The molecule has 3 aromatic carbocycles. The van der Waals surface area contributed by atoms with Crippen molar-refractivity contribution in [1.29, 1.82) is 0 Å². The molecule has 0 fully saturated rings. The number of halogens is 2. The molecule has 0 saturated carbocycles. The standard InChI is InChI=1S/C22H16F2N2O3/c1-13(27)14-6-8-17(9-7-14)25-21(28)15-2-4-16(5-3-15)22(29)26-18-10-11-19(23)20(24)12-18/h2-12H,1H3,(H,25,28)(H,26,29). The minimum atomic E-state index is -1.06. The molecule has 2 amide bonds. The van der Waals surface area contributed by atoms with Crippen LogP contribution in [-0.2, 0) is 0 Å². The third-order valence-corrected chi connectivity index (χ3v) is 4.14. The van der Waals surface area contributed by atoms with Gasteiger partial charge in [0.1, 0.15) is 0 Å². The van der Waals surface area contributed by atoms with Gasteiger partial charge in [0, 0.05) is 34.1 Å². The summed E-state index contributed by atoms with van der Waals surface area (Å²) in [6.45, 7) is 1.46. The molecule has 7 heteroatoms. The normalized spacial score (nSPS) is 10.3. The molecule has 2 N–H and O–H groups in total. The van der Waals surface area contributed by atoms with Crippen molar-refractivity contribution in [3.8, 4) is 0 Å². The molecule has 3 rings (SSSR count). The van der Waals surface area contributed by atoms with Gasteiger partial charge >= 0.3 is 0 Å². The Hall–Kier alpha value is -3.87. The highest BCUT2D eigenvalue weighted by molar-refractivity contribution is 6.07. The van der Waals surface area contributed by atoms with Crippen LogP contribution in [0, 0.1) is 11.6 Å². The fraction of sp³-hybridized carbons (Fsp3) is 0.0455. The zero-order valence-corrected chi connectivity index (χ0v) is 15.3. The number of nitrogens with one attached hydrogen (secondary N) is 2. The predicted molar refractivity (Wildman–Crippen MR) is 105 cm³/mol. The molecule has 0 spiro atoms. The van der Waals surface area contributed by atoms with Crippen molar-refractivity contribution < 1.29 is 23.2 Å². The van der Waals surface area contributed by atoms with Crippen molar-refractivity contribution in [3.63, 3.8) is 0 Å². The Morgan fingerprint density at radius 3 is 1.55 bits per heavy atom. The van der Waals surface area contributed by atoms with Gasteiger partial charge in [-0.1, -0.05) is 0 Å². The summed E-state index contributed by atoms with van der Waals surface area (Å²) in [6, 6.07) is 15.4. The monoisotopic (exact) mass is 394 g/mol. The van der Waals surface area contributed by atoms with E-state index in [0.717, 1.165) is 12.1 Å². The van der Waals surface area contributed by atoms with Crippen LogP contribution in [0.3, 0.4) is 0 Å². The summed E-state index contributed by atoms with van der Waals surface area (Å²) in [5.41, 5.74) is 1.76. The molecule has 3 aromatic rings. The van der Waals surface area contributed by atoms with Gasteiger partial charge in [0.05, 0.1) is 0 Å². The molecule has 0 aliphatic carbocycles. The van der Waals surface area contributed by atoms with Crippen molar-refractivity contribution in [2.75, 3.05) is 10.6 Å². The molecule has 146 valence electrons. The molecule has 0 aliphatic heterocycles. The van der Waals surface area contributed by atoms with Gasteiger partial charge in [0.25, 0.3) is 11.8 Å². The summed E-state index contributed by atoms with van der Waals surface area (Å²) in [5.74, 6) is -3.04. The summed E-state index contributed by atoms with van der Waals surface area (Å²) < 4.78 is 26.2. The first kappa shape index (κ1) is 19.9. The zero-order valence-electron chi connectivity index (χ0n) is 15.3. The number of carbonyl (C=O) groups excluding carboxylic acids is 3. The van der Waals surface area contributed by atoms with E-state index in [9.17, 15) is 23.2 Å². The zero-order chi connectivity index (χ0) is 21.0. The first-order valence-corrected chi connectivity index (χ1v) is 8.62. The number of rotatable bonds is 5.